The predicted octanol–water partition coefficient (Wildman–Crippen LogP) is 4.87. The highest BCUT2D eigenvalue weighted by Crippen LogP contribution is 2.40. The average molecular weight is 602 g/mol. The number of methoxy groups -OCH3 is 1. The second-order valence-corrected chi connectivity index (χ2v) is 11.8. The molecule has 0 aliphatic carbocycles. The van der Waals surface area contributed by atoms with Crippen LogP contribution in [0.15, 0.2) is 60.9 Å². The van der Waals surface area contributed by atoms with Crippen molar-refractivity contribution in [2.45, 2.75) is 25.9 Å². The summed E-state index contributed by atoms with van der Waals surface area (Å²) in [6.07, 6.45) is 2.39. The van der Waals surface area contributed by atoms with Gasteiger partial charge in [-0.3, -0.25) is 4.79 Å². The zero-order valence-corrected chi connectivity index (χ0v) is 26.2. The third-order valence-corrected chi connectivity index (χ3v) is 8.30. The van der Waals surface area contributed by atoms with E-state index in [0.29, 0.717) is 49.0 Å². The van der Waals surface area contributed by atoms with Crippen LogP contribution in [0.4, 0.5) is 27.4 Å². The molecule has 1 aromatic heterocycles. The van der Waals surface area contributed by atoms with Crippen LogP contribution in [0, 0.1) is 5.82 Å². The Morgan fingerprint density at radius 3 is 2.73 bits per heavy atom. The Morgan fingerprint density at radius 2 is 2.00 bits per heavy atom. The fraction of sp³-hybridized carbons (Fsp3) is 0.364. The van der Waals surface area contributed by atoms with Crippen LogP contribution in [0.5, 0.6) is 5.75 Å². The number of ether oxygens (including phenoxy) is 2. The number of aromatic nitrogens is 2. The molecule has 44 heavy (non-hydrogen) atoms. The van der Waals surface area contributed by atoms with E-state index in [4.69, 9.17) is 9.47 Å². The molecule has 0 spiro atoms. The van der Waals surface area contributed by atoms with Crippen LogP contribution in [0.25, 0.3) is 5.57 Å². The lowest BCUT2D eigenvalue weighted by atomic mass is 9.90. The Labute approximate surface area is 258 Å². The highest BCUT2D eigenvalue weighted by molar-refractivity contribution is 6.02. The maximum Gasteiger partial charge on any atom is 0.247 e. The molecule has 11 heteroatoms. The second kappa shape index (κ2) is 12.6. The first-order valence-corrected chi connectivity index (χ1v) is 14.5. The summed E-state index contributed by atoms with van der Waals surface area (Å²) in [5.74, 6) is -0.217. The van der Waals surface area contributed by atoms with Gasteiger partial charge in [-0.1, -0.05) is 30.8 Å². The van der Waals surface area contributed by atoms with Crippen molar-refractivity contribution < 1.29 is 18.7 Å². The number of hydrogen-bond acceptors (Lipinski definition) is 9. The van der Waals surface area contributed by atoms with Crippen LogP contribution in [-0.2, 0) is 16.1 Å². The van der Waals surface area contributed by atoms with E-state index in [2.05, 4.69) is 61.8 Å². The van der Waals surface area contributed by atoms with Gasteiger partial charge in [0.05, 0.1) is 49.3 Å². The zero-order chi connectivity index (χ0) is 31.6. The Balaban J connectivity index is 1.56. The van der Waals surface area contributed by atoms with Gasteiger partial charge in [0, 0.05) is 43.9 Å². The molecular formula is C33H40FN7O3. The molecule has 2 aromatic carbocycles. The molecule has 1 amide bonds. The van der Waals surface area contributed by atoms with Crippen molar-refractivity contribution >= 4 is 34.5 Å². The lowest BCUT2D eigenvalue weighted by Crippen LogP contribution is -2.47. The van der Waals surface area contributed by atoms with E-state index >= 15 is 4.39 Å². The van der Waals surface area contributed by atoms with E-state index in [1.807, 2.05) is 45.4 Å². The minimum absolute atomic E-state index is 0.163. The van der Waals surface area contributed by atoms with Crippen LogP contribution in [0.2, 0.25) is 0 Å². The van der Waals surface area contributed by atoms with Gasteiger partial charge in [0.15, 0.2) is 5.82 Å². The van der Waals surface area contributed by atoms with Gasteiger partial charge in [0.2, 0.25) is 11.9 Å². The number of halogens is 1. The first kappa shape index (κ1) is 31.0. The van der Waals surface area contributed by atoms with Crippen molar-refractivity contribution in [1.82, 2.24) is 19.8 Å². The molecule has 3 heterocycles. The smallest absolute Gasteiger partial charge is 0.247 e. The Morgan fingerprint density at radius 1 is 1.23 bits per heavy atom. The number of nitrogens with one attached hydrogen (secondary N) is 2. The number of anilines is 4. The lowest BCUT2D eigenvalue weighted by Gasteiger charge is -2.38. The quantitative estimate of drug-likeness (QED) is 0.316. The standard InChI is InChI=1S/C33H40FN7O3/c1-8-29(42)36-24-15-25(28(43-7)16-26(24)40(6)20-33(2,3)39(4)5)37-32-35-17-23(34)31(38-32)30-22-12-10-9-11-21(22)18-41-13-14-44-19-27(30)41/h8-12,15-17H,1,13-14,18-20H2,2-7H3,(H,36,42)(H,35,37,38). The molecule has 3 aromatic rings. The molecule has 2 aliphatic rings. The van der Waals surface area contributed by atoms with E-state index < -0.39 is 5.82 Å². The van der Waals surface area contributed by atoms with E-state index in [-0.39, 0.29) is 23.1 Å². The molecule has 0 bridgehead atoms. The van der Waals surface area contributed by atoms with Gasteiger partial charge in [0.1, 0.15) is 11.4 Å². The third-order valence-electron chi connectivity index (χ3n) is 8.30. The molecule has 0 saturated carbocycles. The fourth-order valence-electron chi connectivity index (χ4n) is 5.47. The molecule has 5 rings (SSSR count). The van der Waals surface area contributed by atoms with Crippen molar-refractivity contribution in [3.8, 4) is 5.75 Å². The molecule has 1 saturated heterocycles. The lowest BCUT2D eigenvalue weighted by molar-refractivity contribution is -0.111. The fourth-order valence-corrected chi connectivity index (χ4v) is 5.47. The summed E-state index contributed by atoms with van der Waals surface area (Å²) in [7, 11) is 7.58. The minimum Gasteiger partial charge on any atom is -0.494 e. The maximum atomic E-state index is 15.5. The first-order valence-electron chi connectivity index (χ1n) is 14.5. The summed E-state index contributed by atoms with van der Waals surface area (Å²) < 4.78 is 27.1. The highest BCUT2D eigenvalue weighted by atomic mass is 19.1. The van der Waals surface area contributed by atoms with Gasteiger partial charge in [-0.25, -0.2) is 14.4 Å². The number of amides is 1. The summed E-state index contributed by atoms with van der Waals surface area (Å²) >= 11 is 0. The number of nitrogens with zero attached hydrogens (tertiary/aromatic N) is 5. The number of morpholine rings is 1. The molecule has 1 fully saturated rings. The number of rotatable bonds is 10. The largest absolute Gasteiger partial charge is 0.494 e. The number of fused-ring (bicyclic) bond motifs is 2. The first-order chi connectivity index (χ1) is 21.0. The summed E-state index contributed by atoms with van der Waals surface area (Å²) in [5.41, 5.74) is 5.43. The van der Waals surface area contributed by atoms with Crippen molar-refractivity contribution in [3.05, 3.63) is 83.6 Å². The van der Waals surface area contributed by atoms with Crippen LogP contribution < -0.4 is 20.3 Å². The number of carbonyl (C=O) groups excluding carboxylic acids is 1. The van der Waals surface area contributed by atoms with Gasteiger partial charge in [0.25, 0.3) is 0 Å². The number of hydrogen-bond donors (Lipinski definition) is 2. The number of likely N-dealkylation sites (N-methyl/N-ethyl adjacent to an activating group) is 2. The summed E-state index contributed by atoms with van der Waals surface area (Å²) in [5, 5.41) is 6.12. The van der Waals surface area contributed by atoms with Gasteiger partial charge in [-0.15, -0.1) is 0 Å². The molecule has 2 aliphatic heterocycles. The summed E-state index contributed by atoms with van der Waals surface area (Å²) in [6.45, 7) is 11.0. The maximum absolute atomic E-state index is 15.5. The monoisotopic (exact) mass is 601 g/mol. The Bertz CT molecular complexity index is 1600. The summed E-state index contributed by atoms with van der Waals surface area (Å²) in [6, 6.07) is 11.6. The van der Waals surface area contributed by atoms with Crippen molar-refractivity contribution in [3.63, 3.8) is 0 Å². The van der Waals surface area contributed by atoms with Gasteiger partial charge >= 0.3 is 0 Å². The van der Waals surface area contributed by atoms with Crippen LogP contribution >= 0.6 is 0 Å². The SMILES string of the molecule is C=CC(=O)Nc1cc(Nc2ncc(F)c(C3=C4COCCN4Cc4ccccc43)n2)c(OC)cc1N(C)CC(C)(C)N(C)C. The van der Waals surface area contributed by atoms with E-state index in [1.165, 1.54) is 12.3 Å². The molecule has 10 nitrogen and oxygen atoms in total. The van der Waals surface area contributed by atoms with Gasteiger partial charge < -0.3 is 34.8 Å². The molecule has 0 atom stereocenters. The average Bonchev–Trinajstić information content (AvgIpc) is 3.00. The summed E-state index contributed by atoms with van der Waals surface area (Å²) in [4.78, 5) is 27.8. The molecule has 0 radical (unpaired) electrons. The predicted molar refractivity (Wildman–Crippen MR) is 172 cm³/mol. The van der Waals surface area contributed by atoms with Crippen molar-refractivity contribution in [2.75, 3.05) is 70.1 Å². The van der Waals surface area contributed by atoms with E-state index in [1.54, 1.807) is 13.2 Å². The number of carbonyl (C=O) groups is 1. The van der Waals surface area contributed by atoms with Crippen LogP contribution in [0.3, 0.4) is 0 Å². The van der Waals surface area contributed by atoms with E-state index in [0.717, 1.165) is 29.1 Å². The van der Waals surface area contributed by atoms with Crippen LogP contribution in [-0.4, -0.2) is 85.8 Å². The minimum atomic E-state index is -0.536. The molecular weight excluding hydrogens is 561 g/mol. The highest BCUT2D eigenvalue weighted by Gasteiger charge is 2.31. The zero-order valence-electron chi connectivity index (χ0n) is 26.2. The van der Waals surface area contributed by atoms with E-state index in [9.17, 15) is 4.79 Å². The van der Waals surface area contributed by atoms with Crippen molar-refractivity contribution in [2.24, 2.45) is 0 Å². The Kier molecular flexibility index (Phi) is 8.89. The molecule has 0 unspecified atom stereocenters. The second-order valence-electron chi connectivity index (χ2n) is 11.8. The number of benzene rings is 2. The third kappa shape index (κ3) is 6.24. The van der Waals surface area contributed by atoms with Crippen LogP contribution in [0.1, 0.15) is 30.7 Å². The molecule has 232 valence electrons. The topological polar surface area (TPSA) is 95.1 Å². The Hall–Kier alpha value is -4.48. The van der Waals surface area contributed by atoms with Gasteiger partial charge in [-0.05, 0) is 51.2 Å². The molecule has 2 N–H and O–H groups in total. The normalized spacial score (nSPS) is 14.6. The van der Waals surface area contributed by atoms with Gasteiger partial charge in [-0.2, -0.15) is 0 Å². The van der Waals surface area contributed by atoms with Crippen molar-refractivity contribution in [1.29, 1.82) is 0 Å².